The fourth-order valence-electron chi connectivity index (χ4n) is 2.14. The van der Waals surface area contributed by atoms with Crippen molar-refractivity contribution < 1.29 is 14.3 Å². The van der Waals surface area contributed by atoms with Crippen LogP contribution in [0.1, 0.15) is 17.4 Å². The summed E-state index contributed by atoms with van der Waals surface area (Å²) in [7, 11) is 1.64. The molecule has 0 spiro atoms. The number of carbonyl (C=O) groups excluding carboxylic acids is 1. The van der Waals surface area contributed by atoms with Crippen LogP contribution in [-0.4, -0.2) is 31.1 Å². The van der Waals surface area contributed by atoms with Crippen LogP contribution in [0.5, 0.6) is 5.75 Å². The quantitative estimate of drug-likeness (QED) is 0.749. The molecule has 4 nitrogen and oxygen atoms in total. The molecule has 0 aliphatic heterocycles. The molecule has 1 amide bonds. The van der Waals surface area contributed by atoms with E-state index in [0.29, 0.717) is 19.7 Å². The Morgan fingerprint density at radius 3 is 2.68 bits per heavy atom. The minimum absolute atomic E-state index is 0.0128. The smallest absolute Gasteiger partial charge is 0.249 e. The van der Waals surface area contributed by atoms with Crippen LogP contribution >= 0.6 is 11.3 Å². The Morgan fingerprint density at radius 1 is 1.18 bits per heavy atom. The summed E-state index contributed by atoms with van der Waals surface area (Å²) >= 11 is 1.65. The zero-order valence-corrected chi connectivity index (χ0v) is 13.8. The van der Waals surface area contributed by atoms with Crippen molar-refractivity contribution in [3.05, 3.63) is 52.2 Å². The molecule has 0 radical (unpaired) electrons. The Kier molecular flexibility index (Phi) is 6.43. The topological polar surface area (TPSA) is 38.8 Å². The largest absolute Gasteiger partial charge is 0.496 e. The minimum Gasteiger partial charge on any atom is -0.496 e. The first-order valence-corrected chi connectivity index (χ1v) is 8.12. The first-order valence-electron chi connectivity index (χ1n) is 7.24. The van der Waals surface area contributed by atoms with Crippen molar-refractivity contribution in [1.29, 1.82) is 0 Å². The zero-order chi connectivity index (χ0) is 15.8. The third-order valence-corrected chi connectivity index (χ3v) is 4.12. The Balaban J connectivity index is 2.14. The molecule has 1 aromatic carbocycles. The number of carbonyl (C=O) groups is 1. The van der Waals surface area contributed by atoms with E-state index >= 15 is 0 Å². The molecule has 0 bridgehead atoms. The molecule has 22 heavy (non-hydrogen) atoms. The lowest BCUT2D eigenvalue weighted by atomic mass is 10.2. The number of thiophene rings is 1. The maximum Gasteiger partial charge on any atom is 0.249 e. The summed E-state index contributed by atoms with van der Waals surface area (Å²) in [5.74, 6) is 0.782. The Hall–Kier alpha value is -1.85. The van der Waals surface area contributed by atoms with Gasteiger partial charge in [0, 0.05) is 23.6 Å². The minimum atomic E-state index is -0.0128. The molecule has 0 unspecified atom stereocenters. The Labute approximate surface area is 135 Å². The maximum atomic E-state index is 12.4. The maximum absolute atomic E-state index is 12.4. The van der Waals surface area contributed by atoms with Crippen molar-refractivity contribution in [3.8, 4) is 5.75 Å². The van der Waals surface area contributed by atoms with Crippen molar-refractivity contribution in [2.75, 3.05) is 20.3 Å². The van der Waals surface area contributed by atoms with E-state index in [1.165, 1.54) is 0 Å². The van der Waals surface area contributed by atoms with Gasteiger partial charge in [-0.2, -0.15) is 0 Å². The van der Waals surface area contributed by atoms with Crippen LogP contribution in [0.3, 0.4) is 0 Å². The van der Waals surface area contributed by atoms with E-state index in [1.807, 2.05) is 48.7 Å². The summed E-state index contributed by atoms with van der Waals surface area (Å²) in [5, 5.41) is 2.02. The van der Waals surface area contributed by atoms with E-state index in [0.717, 1.165) is 16.2 Å². The summed E-state index contributed by atoms with van der Waals surface area (Å²) in [5.41, 5.74) is 0.992. The molecule has 2 rings (SSSR count). The monoisotopic (exact) mass is 319 g/mol. The second-order valence-corrected chi connectivity index (χ2v) is 5.81. The molecular formula is C17H21NO3S. The summed E-state index contributed by atoms with van der Waals surface area (Å²) in [4.78, 5) is 15.4. The second kappa shape index (κ2) is 8.56. The lowest BCUT2D eigenvalue weighted by molar-refractivity contribution is -0.137. The van der Waals surface area contributed by atoms with Gasteiger partial charge in [-0.3, -0.25) is 4.79 Å². The van der Waals surface area contributed by atoms with E-state index in [1.54, 1.807) is 23.3 Å². The number of hydrogen-bond acceptors (Lipinski definition) is 4. The van der Waals surface area contributed by atoms with Crippen molar-refractivity contribution in [1.82, 2.24) is 4.90 Å². The van der Waals surface area contributed by atoms with Gasteiger partial charge in [-0.15, -0.1) is 11.3 Å². The molecular weight excluding hydrogens is 298 g/mol. The third kappa shape index (κ3) is 4.58. The van der Waals surface area contributed by atoms with Gasteiger partial charge in [0.1, 0.15) is 12.4 Å². The van der Waals surface area contributed by atoms with E-state index in [4.69, 9.17) is 9.47 Å². The highest BCUT2D eigenvalue weighted by Gasteiger charge is 2.17. The summed E-state index contributed by atoms with van der Waals surface area (Å²) in [6, 6.07) is 11.8. The molecule has 5 heteroatoms. The highest BCUT2D eigenvalue weighted by Crippen LogP contribution is 2.21. The first-order chi connectivity index (χ1) is 10.7. The molecule has 2 aromatic rings. The lowest BCUT2D eigenvalue weighted by Gasteiger charge is -2.23. The van der Waals surface area contributed by atoms with Crippen molar-refractivity contribution in [2.45, 2.75) is 20.0 Å². The van der Waals surface area contributed by atoms with Gasteiger partial charge in [0.05, 0.1) is 13.7 Å². The van der Waals surface area contributed by atoms with Gasteiger partial charge >= 0.3 is 0 Å². The van der Waals surface area contributed by atoms with Crippen LogP contribution in [0.15, 0.2) is 41.8 Å². The molecule has 0 fully saturated rings. The predicted molar refractivity (Wildman–Crippen MR) is 88.1 cm³/mol. The van der Waals surface area contributed by atoms with E-state index in [9.17, 15) is 4.79 Å². The fraction of sp³-hybridized carbons (Fsp3) is 0.353. The highest BCUT2D eigenvalue weighted by molar-refractivity contribution is 7.09. The van der Waals surface area contributed by atoms with Gasteiger partial charge in [-0.25, -0.2) is 0 Å². The normalized spacial score (nSPS) is 10.5. The van der Waals surface area contributed by atoms with E-state index < -0.39 is 0 Å². The number of rotatable bonds is 8. The van der Waals surface area contributed by atoms with Gasteiger partial charge in [-0.05, 0) is 24.4 Å². The Morgan fingerprint density at radius 2 is 2.00 bits per heavy atom. The molecule has 1 heterocycles. The van der Waals surface area contributed by atoms with Gasteiger partial charge in [0.25, 0.3) is 0 Å². The molecule has 1 aromatic heterocycles. The van der Waals surface area contributed by atoms with Crippen LogP contribution in [0.2, 0.25) is 0 Å². The number of amides is 1. The predicted octanol–water partition coefficient (Wildman–Crippen LogP) is 3.32. The first kappa shape index (κ1) is 16.5. The Bertz CT molecular complexity index is 583. The van der Waals surface area contributed by atoms with Gasteiger partial charge in [0.2, 0.25) is 5.91 Å². The average Bonchev–Trinajstić information content (AvgIpc) is 3.05. The highest BCUT2D eigenvalue weighted by atomic mass is 32.1. The number of benzene rings is 1. The molecule has 0 saturated carbocycles. The van der Waals surface area contributed by atoms with Crippen LogP contribution in [0.4, 0.5) is 0 Å². The number of hydrogen-bond donors (Lipinski definition) is 0. The lowest BCUT2D eigenvalue weighted by Crippen LogP contribution is -2.33. The van der Waals surface area contributed by atoms with E-state index in [2.05, 4.69) is 0 Å². The number of nitrogens with zero attached hydrogens (tertiary/aromatic N) is 1. The number of ether oxygens (including phenoxy) is 2. The van der Waals surface area contributed by atoms with Gasteiger partial charge in [-0.1, -0.05) is 24.3 Å². The molecule has 0 aliphatic rings. The molecule has 118 valence electrons. The average molecular weight is 319 g/mol. The van der Waals surface area contributed by atoms with Gasteiger partial charge in [0.15, 0.2) is 0 Å². The summed E-state index contributed by atoms with van der Waals surface area (Å²) < 4.78 is 10.6. The van der Waals surface area contributed by atoms with Crippen molar-refractivity contribution in [3.63, 3.8) is 0 Å². The molecule has 0 N–H and O–H groups in total. The second-order valence-electron chi connectivity index (χ2n) is 4.78. The fourth-order valence-corrected chi connectivity index (χ4v) is 2.86. The van der Waals surface area contributed by atoms with Crippen LogP contribution in [0, 0.1) is 0 Å². The number of methoxy groups -OCH3 is 1. The van der Waals surface area contributed by atoms with Crippen molar-refractivity contribution >= 4 is 17.2 Å². The summed E-state index contributed by atoms with van der Waals surface area (Å²) in [6.07, 6.45) is 0. The SMILES string of the molecule is CCOCC(=O)N(Cc1cccs1)Cc1ccccc1OC. The standard InChI is InChI=1S/C17H21NO3S/c1-3-21-13-17(19)18(12-15-8-6-10-22-15)11-14-7-4-5-9-16(14)20-2/h4-10H,3,11-13H2,1-2H3. The molecule has 0 aliphatic carbocycles. The molecule has 0 atom stereocenters. The summed E-state index contributed by atoms with van der Waals surface area (Å²) in [6.45, 7) is 3.62. The number of para-hydroxylation sites is 1. The van der Waals surface area contributed by atoms with Crippen LogP contribution < -0.4 is 4.74 Å². The van der Waals surface area contributed by atoms with Gasteiger partial charge < -0.3 is 14.4 Å². The van der Waals surface area contributed by atoms with E-state index in [-0.39, 0.29) is 12.5 Å². The van der Waals surface area contributed by atoms with Crippen LogP contribution in [-0.2, 0) is 22.6 Å². The third-order valence-electron chi connectivity index (χ3n) is 3.26. The molecule has 0 saturated heterocycles. The zero-order valence-electron chi connectivity index (χ0n) is 13.0. The van der Waals surface area contributed by atoms with Crippen molar-refractivity contribution in [2.24, 2.45) is 0 Å². The van der Waals surface area contributed by atoms with Crippen LogP contribution in [0.25, 0.3) is 0 Å².